The van der Waals surface area contributed by atoms with Gasteiger partial charge in [0.15, 0.2) is 11.5 Å². The lowest BCUT2D eigenvalue weighted by atomic mass is 9.82. The lowest BCUT2D eigenvalue weighted by Crippen LogP contribution is -2.48. The predicted octanol–water partition coefficient (Wildman–Crippen LogP) is 1.70. The van der Waals surface area contributed by atoms with Crippen LogP contribution in [0.15, 0.2) is 17.2 Å². The van der Waals surface area contributed by atoms with Crippen molar-refractivity contribution in [3.63, 3.8) is 0 Å². The molecular formula is C16H19N3O5. The number of nitrogens with zero attached hydrogens (tertiary/aromatic N) is 2. The SMILES string of the molecule is COc1cc(/C=N/N2C(=O)NC3(CCCCC3)C2=O)cc(O)c1O. The summed E-state index contributed by atoms with van der Waals surface area (Å²) < 4.78 is 4.94. The van der Waals surface area contributed by atoms with Crippen molar-refractivity contribution in [2.24, 2.45) is 5.10 Å². The number of rotatable bonds is 3. The van der Waals surface area contributed by atoms with Crippen molar-refractivity contribution in [1.29, 1.82) is 0 Å². The Hall–Kier alpha value is -2.77. The van der Waals surface area contributed by atoms with Gasteiger partial charge in [-0.05, 0) is 25.0 Å². The van der Waals surface area contributed by atoms with Gasteiger partial charge in [0.2, 0.25) is 5.75 Å². The fraction of sp³-hybridized carbons (Fsp3) is 0.438. The normalized spacial score (nSPS) is 20.0. The Labute approximate surface area is 138 Å². The fourth-order valence-electron chi connectivity index (χ4n) is 3.17. The lowest BCUT2D eigenvalue weighted by Gasteiger charge is -2.29. The molecule has 128 valence electrons. The van der Waals surface area contributed by atoms with Crippen LogP contribution >= 0.6 is 0 Å². The van der Waals surface area contributed by atoms with Gasteiger partial charge in [-0.3, -0.25) is 4.79 Å². The van der Waals surface area contributed by atoms with Gasteiger partial charge in [0.25, 0.3) is 5.91 Å². The first kappa shape index (κ1) is 16.1. The van der Waals surface area contributed by atoms with Gasteiger partial charge in [0.05, 0.1) is 13.3 Å². The van der Waals surface area contributed by atoms with Crippen molar-refractivity contribution in [2.45, 2.75) is 37.6 Å². The molecule has 2 fully saturated rings. The monoisotopic (exact) mass is 333 g/mol. The van der Waals surface area contributed by atoms with Crippen LogP contribution in [0.2, 0.25) is 0 Å². The Balaban J connectivity index is 1.83. The molecule has 1 spiro atoms. The first-order valence-electron chi connectivity index (χ1n) is 7.77. The van der Waals surface area contributed by atoms with E-state index in [2.05, 4.69) is 10.4 Å². The number of nitrogens with one attached hydrogen (secondary N) is 1. The molecule has 1 aromatic carbocycles. The van der Waals surface area contributed by atoms with E-state index in [-0.39, 0.29) is 23.2 Å². The minimum atomic E-state index is -0.832. The summed E-state index contributed by atoms with van der Waals surface area (Å²) in [7, 11) is 1.35. The molecule has 1 heterocycles. The minimum absolute atomic E-state index is 0.0670. The summed E-state index contributed by atoms with van der Waals surface area (Å²) in [6.07, 6.45) is 5.36. The molecule has 0 atom stereocenters. The summed E-state index contributed by atoms with van der Waals surface area (Å²) in [5.74, 6) is -1.04. The molecule has 0 bridgehead atoms. The topological polar surface area (TPSA) is 111 Å². The molecule has 8 heteroatoms. The highest BCUT2D eigenvalue weighted by molar-refractivity contribution is 6.07. The zero-order chi connectivity index (χ0) is 17.3. The second-order valence-electron chi connectivity index (χ2n) is 6.03. The average molecular weight is 333 g/mol. The molecule has 1 aromatic rings. The Bertz CT molecular complexity index is 710. The zero-order valence-electron chi connectivity index (χ0n) is 13.3. The third kappa shape index (κ3) is 2.64. The second-order valence-corrected chi connectivity index (χ2v) is 6.03. The second kappa shape index (κ2) is 6.03. The number of ether oxygens (including phenoxy) is 1. The summed E-state index contributed by atoms with van der Waals surface area (Å²) >= 11 is 0. The van der Waals surface area contributed by atoms with E-state index < -0.39 is 11.6 Å². The molecule has 2 aliphatic rings. The van der Waals surface area contributed by atoms with E-state index in [1.807, 2.05) is 0 Å². The van der Waals surface area contributed by atoms with E-state index in [1.54, 1.807) is 0 Å². The predicted molar refractivity (Wildman–Crippen MR) is 85.1 cm³/mol. The molecule has 1 aliphatic heterocycles. The molecule has 3 amide bonds. The summed E-state index contributed by atoms with van der Waals surface area (Å²) in [6.45, 7) is 0. The number of hydrogen-bond donors (Lipinski definition) is 3. The first-order valence-corrected chi connectivity index (χ1v) is 7.77. The summed E-state index contributed by atoms with van der Waals surface area (Å²) in [4.78, 5) is 24.7. The number of aromatic hydroxyl groups is 2. The summed E-state index contributed by atoms with van der Waals surface area (Å²) in [5, 5.41) is 26.8. The Morgan fingerprint density at radius 1 is 1.25 bits per heavy atom. The first-order chi connectivity index (χ1) is 11.5. The quantitative estimate of drug-likeness (QED) is 0.443. The van der Waals surface area contributed by atoms with Crippen LogP contribution in [0.4, 0.5) is 4.79 Å². The lowest BCUT2D eigenvalue weighted by molar-refractivity contribution is -0.132. The van der Waals surface area contributed by atoms with Gasteiger partial charge < -0.3 is 20.3 Å². The average Bonchev–Trinajstić information content (AvgIpc) is 2.79. The van der Waals surface area contributed by atoms with Gasteiger partial charge in [-0.15, -0.1) is 5.01 Å². The van der Waals surface area contributed by atoms with Gasteiger partial charge in [0, 0.05) is 5.56 Å². The molecule has 0 aromatic heterocycles. The van der Waals surface area contributed by atoms with Crippen molar-refractivity contribution < 1.29 is 24.5 Å². The molecule has 0 unspecified atom stereocenters. The van der Waals surface area contributed by atoms with Crippen LogP contribution in [0.3, 0.4) is 0 Å². The van der Waals surface area contributed by atoms with E-state index in [9.17, 15) is 19.8 Å². The molecular weight excluding hydrogens is 314 g/mol. The Kier molecular flexibility index (Phi) is 4.04. The van der Waals surface area contributed by atoms with Crippen LogP contribution in [-0.2, 0) is 4.79 Å². The fourth-order valence-corrected chi connectivity index (χ4v) is 3.17. The van der Waals surface area contributed by atoms with E-state index in [4.69, 9.17) is 4.74 Å². The van der Waals surface area contributed by atoms with Crippen LogP contribution in [0.1, 0.15) is 37.7 Å². The van der Waals surface area contributed by atoms with Crippen LogP contribution < -0.4 is 10.1 Å². The molecule has 1 saturated heterocycles. The Morgan fingerprint density at radius 2 is 1.96 bits per heavy atom. The van der Waals surface area contributed by atoms with Crippen molar-refractivity contribution in [3.05, 3.63) is 17.7 Å². The number of hydrazone groups is 1. The number of carbonyl (C=O) groups excluding carboxylic acids is 2. The van der Waals surface area contributed by atoms with Gasteiger partial charge in [-0.2, -0.15) is 5.10 Å². The van der Waals surface area contributed by atoms with E-state index in [0.717, 1.165) is 24.3 Å². The van der Waals surface area contributed by atoms with Crippen molar-refractivity contribution in [3.8, 4) is 17.2 Å². The summed E-state index contributed by atoms with van der Waals surface area (Å²) in [5.41, 5.74) is -0.450. The minimum Gasteiger partial charge on any atom is -0.504 e. The van der Waals surface area contributed by atoms with Gasteiger partial charge in [-0.1, -0.05) is 19.3 Å². The largest absolute Gasteiger partial charge is 0.504 e. The highest BCUT2D eigenvalue weighted by Gasteiger charge is 2.51. The third-order valence-electron chi connectivity index (χ3n) is 4.47. The van der Waals surface area contributed by atoms with E-state index in [0.29, 0.717) is 18.4 Å². The van der Waals surface area contributed by atoms with E-state index in [1.165, 1.54) is 25.5 Å². The number of methoxy groups -OCH3 is 1. The van der Waals surface area contributed by atoms with Crippen LogP contribution in [-0.4, -0.2) is 46.0 Å². The smallest absolute Gasteiger partial charge is 0.346 e. The number of carbonyl (C=O) groups is 2. The van der Waals surface area contributed by atoms with Gasteiger partial charge in [-0.25, -0.2) is 4.79 Å². The highest BCUT2D eigenvalue weighted by atomic mass is 16.5. The number of phenolic OH excluding ortho intramolecular Hbond substituents is 2. The molecule has 3 rings (SSSR count). The van der Waals surface area contributed by atoms with Crippen LogP contribution in [0, 0.1) is 0 Å². The van der Waals surface area contributed by atoms with Crippen molar-refractivity contribution in [1.82, 2.24) is 10.3 Å². The van der Waals surface area contributed by atoms with E-state index >= 15 is 0 Å². The van der Waals surface area contributed by atoms with Gasteiger partial charge in [0.1, 0.15) is 5.54 Å². The molecule has 0 radical (unpaired) electrons. The standard InChI is InChI=1S/C16H19N3O5/c1-24-12-8-10(7-11(20)13(12)21)9-17-19-14(22)16(18-15(19)23)5-3-2-4-6-16/h7-9,20-21H,2-6H2,1H3,(H,18,23)/b17-9+. The van der Waals surface area contributed by atoms with Gasteiger partial charge >= 0.3 is 6.03 Å². The van der Waals surface area contributed by atoms with Crippen LogP contribution in [0.25, 0.3) is 0 Å². The number of amides is 3. The number of hydrogen-bond acceptors (Lipinski definition) is 6. The highest BCUT2D eigenvalue weighted by Crippen LogP contribution is 2.36. The van der Waals surface area contributed by atoms with Crippen molar-refractivity contribution >= 4 is 18.2 Å². The maximum Gasteiger partial charge on any atom is 0.346 e. The summed E-state index contributed by atoms with van der Waals surface area (Å²) in [6, 6.07) is 2.15. The maximum absolute atomic E-state index is 12.6. The zero-order valence-corrected chi connectivity index (χ0v) is 13.3. The maximum atomic E-state index is 12.6. The number of benzene rings is 1. The molecule has 1 saturated carbocycles. The number of imide groups is 1. The third-order valence-corrected chi connectivity index (χ3v) is 4.47. The van der Waals surface area contributed by atoms with Crippen molar-refractivity contribution in [2.75, 3.05) is 7.11 Å². The molecule has 1 aliphatic carbocycles. The number of urea groups is 1. The van der Waals surface area contributed by atoms with Crippen LogP contribution in [0.5, 0.6) is 17.2 Å². The molecule has 24 heavy (non-hydrogen) atoms. The molecule has 3 N–H and O–H groups in total. The Morgan fingerprint density at radius 3 is 2.62 bits per heavy atom. The molecule has 8 nitrogen and oxygen atoms in total. The number of phenols is 2.